The molecule has 0 saturated heterocycles. The number of benzene rings is 2. The molecule has 4 nitrogen and oxygen atoms in total. The summed E-state index contributed by atoms with van der Waals surface area (Å²) < 4.78 is 5.29. The molecular formula is C15H15NO3. The Morgan fingerprint density at radius 3 is 2.00 bits per heavy atom. The van der Waals surface area contributed by atoms with Crippen LogP contribution >= 0.6 is 0 Å². The fourth-order valence-electron chi connectivity index (χ4n) is 1.73. The van der Waals surface area contributed by atoms with Gasteiger partial charge in [-0.25, -0.2) is 0 Å². The summed E-state index contributed by atoms with van der Waals surface area (Å²) in [5.74, 6) is 0.283. The fourth-order valence-corrected chi connectivity index (χ4v) is 1.73. The highest BCUT2D eigenvalue weighted by Crippen LogP contribution is 2.22. The Balaban J connectivity index is 2.15. The summed E-state index contributed by atoms with van der Waals surface area (Å²) in [6.45, 7) is 0.281. The topological polar surface area (TPSA) is 72.6 Å². The predicted molar refractivity (Wildman–Crippen MR) is 73.0 cm³/mol. The highest BCUT2D eigenvalue weighted by Gasteiger charge is 2.02. The van der Waals surface area contributed by atoms with Gasteiger partial charge in [0.05, 0.1) is 6.61 Å². The standard InChI is InChI=1S/C15H15NO3/c16-15(18)13-3-1-11(2-4-13)12-5-7-14(8-6-12)19-10-9-17/h1-8,17H,9-10H2,(H2,16,18). The molecule has 0 bridgehead atoms. The maximum Gasteiger partial charge on any atom is 0.248 e. The molecule has 0 unspecified atom stereocenters. The summed E-state index contributed by atoms with van der Waals surface area (Å²) in [4.78, 5) is 11.0. The second-order valence-corrected chi connectivity index (χ2v) is 4.04. The highest BCUT2D eigenvalue weighted by molar-refractivity contribution is 5.93. The van der Waals surface area contributed by atoms with Gasteiger partial charge in [-0.3, -0.25) is 4.79 Å². The van der Waals surface area contributed by atoms with Gasteiger partial charge in [-0.05, 0) is 35.4 Å². The largest absolute Gasteiger partial charge is 0.491 e. The molecule has 0 aliphatic heterocycles. The van der Waals surface area contributed by atoms with E-state index in [2.05, 4.69) is 0 Å². The second-order valence-electron chi connectivity index (χ2n) is 4.04. The van der Waals surface area contributed by atoms with E-state index in [1.807, 2.05) is 36.4 Å². The minimum absolute atomic E-state index is 0.00364. The summed E-state index contributed by atoms with van der Waals surface area (Å²) in [5, 5.41) is 8.67. The van der Waals surface area contributed by atoms with Crippen molar-refractivity contribution >= 4 is 5.91 Å². The van der Waals surface area contributed by atoms with Crippen molar-refractivity contribution in [3.05, 3.63) is 54.1 Å². The van der Waals surface area contributed by atoms with E-state index >= 15 is 0 Å². The highest BCUT2D eigenvalue weighted by atomic mass is 16.5. The first-order valence-corrected chi connectivity index (χ1v) is 5.94. The molecule has 0 aromatic heterocycles. The maximum atomic E-state index is 11.0. The van der Waals surface area contributed by atoms with E-state index in [0.717, 1.165) is 11.1 Å². The Bertz CT molecular complexity index is 547. The molecule has 0 radical (unpaired) electrons. The van der Waals surface area contributed by atoms with E-state index in [4.69, 9.17) is 15.6 Å². The van der Waals surface area contributed by atoms with Crippen LogP contribution in [0.5, 0.6) is 5.75 Å². The number of carbonyl (C=O) groups is 1. The van der Waals surface area contributed by atoms with Crippen LogP contribution in [-0.4, -0.2) is 24.2 Å². The van der Waals surface area contributed by atoms with Crippen LogP contribution in [0.2, 0.25) is 0 Å². The lowest BCUT2D eigenvalue weighted by molar-refractivity contribution is 0.100. The van der Waals surface area contributed by atoms with Crippen LogP contribution in [0.1, 0.15) is 10.4 Å². The Morgan fingerprint density at radius 1 is 1.00 bits per heavy atom. The summed E-state index contributed by atoms with van der Waals surface area (Å²) in [6.07, 6.45) is 0. The summed E-state index contributed by atoms with van der Waals surface area (Å²) >= 11 is 0. The number of ether oxygens (including phenoxy) is 1. The number of hydrogen-bond acceptors (Lipinski definition) is 3. The Labute approximate surface area is 111 Å². The van der Waals surface area contributed by atoms with Crippen molar-refractivity contribution in [2.45, 2.75) is 0 Å². The number of rotatable bonds is 5. The molecular weight excluding hydrogens is 242 g/mol. The number of primary amides is 1. The van der Waals surface area contributed by atoms with Crippen molar-refractivity contribution in [1.29, 1.82) is 0 Å². The molecule has 0 fully saturated rings. The third kappa shape index (κ3) is 3.33. The van der Waals surface area contributed by atoms with Gasteiger partial charge in [0.2, 0.25) is 5.91 Å². The molecule has 19 heavy (non-hydrogen) atoms. The van der Waals surface area contributed by atoms with E-state index in [1.165, 1.54) is 0 Å². The first-order valence-electron chi connectivity index (χ1n) is 5.94. The fraction of sp³-hybridized carbons (Fsp3) is 0.133. The van der Waals surface area contributed by atoms with E-state index in [-0.39, 0.29) is 13.2 Å². The number of amides is 1. The third-order valence-corrected chi connectivity index (χ3v) is 2.72. The summed E-state index contributed by atoms with van der Waals surface area (Å²) in [6, 6.07) is 14.6. The van der Waals surface area contributed by atoms with Crippen molar-refractivity contribution in [3.8, 4) is 16.9 Å². The van der Waals surface area contributed by atoms with Crippen LogP contribution in [-0.2, 0) is 0 Å². The second kappa shape index (κ2) is 6.02. The molecule has 2 rings (SSSR count). The molecule has 0 atom stereocenters. The summed E-state index contributed by atoms with van der Waals surface area (Å²) in [7, 11) is 0. The van der Waals surface area contributed by atoms with Gasteiger partial charge >= 0.3 is 0 Å². The molecule has 98 valence electrons. The molecule has 0 aliphatic carbocycles. The van der Waals surface area contributed by atoms with Crippen molar-refractivity contribution in [3.63, 3.8) is 0 Å². The average Bonchev–Trinajstić information content (AvgIpc) is 2.46. The van der Waals surface area contributed by atoms with E-state index in [0.29, 0.717) is 11.3 Å². The van der Waals surface area contributed by atoms with Gasteiger partial charge in [-0.1, -0.05) is 24.3 Å². The van der Waals surface area contributed by atoms with Crippen LogP contribution in [0, 0.1) is 0 Å². The van der Waals surface area contributed by atoms with Crippen molar-refractivity contribution in [1.82, 2.24) is 0 Å². The number of hydrogen-bond donors (Lipinski definition) is 2. The Morgan fingerprint density at radius 2 is 1.53 bits per heavy atom. The van der Waals surface area contributed by atoms with Crippen LogP contribution in [0.25, 0.3) is 11.1 Å². The normalized spacial score (nSPS) is 10.2. The molecule has 2 aromatic rings. The van der Waals surface area contributed by atoms with Gasteiger partial charge in [-0.15, -0.1) is 0 Å². The van der Waals surface area contributed by atoms with E-state index < -0.39 is 5.91 Å². The number of nitrogens with two attached hydrogens (primary N) is 1. The van der Waals surface area contributed by atoms with E-state index in [9.17, 15) is 4.79 Å². The van der Waals surface area contributed by atoms with Crippen LogP contribution in [0.15, 0.2) is 48.5 Å². The maximum absolute atomic E-state index is 11.0. The summed E-state index contributed by atoms with van der Waals surface area (Å²) in [5.41, 5.74) is 7.70. The SMILES string of the molecule is NC(=O)c1ccc(-c2ccc(OCCO)cc2)cc1. The zero-order valence-electron chi connectivity index (χ0n) is 10.4. The monoisotopic (exact) mass is 257 g/mol. The zero-order chi connectivity index (χ0) is 13.7. The Kier molecular flexibility index (Phi) is 4.15. The molecule has 0 saturated carbocycles. The minimum Gasteiger partial charge on any atom is -0.491 e. The molecule has 4 heteroatoms. The first kappa shape index (κ1) is 13.1. The molecule has 0 heterocycles. The molecule has 3 N–H and O–H groups in total. The van der Waals surface area contributed by atoms with Crippen molar-refractivity contribution in [2.24, 2.45) is 5.73 Å². The van der Waals surface area contributed by atoms with Crippen LogP contribution < -0.4 is 10.5 Å². The predicted octanol–water partition coefficient (Wildman–Crippen LogP) is 1.82. The number of aliphatic hydroxyl groups excluding tert-OH is 1. The van der Waals surface area contributed by atoms with Crippen LogP contribution in [0.4, 0.5) is 0 Å². The van der Waals surface area contributed by atoms with E-state index in [1.54, 1.807) is 12.1 Å². The van der Waals surface area contributed by atoms with Crippen molar-refractivity contribution in [2.75, 3.05) is 13.2 Å². The Hall–Kier alpha value is -2.33. The number of carbonyl (C=O) groups excluding carboxylic acids is 1. The van der Waals surface area contributed by atoms with Gasteiger partial charge in [0.15, 0.2) is 0 Å². The molecule has 0 spiro atoms. The van der Waals surface area contributed by atoms with Crippen molar-refractivity contribution < 1.29 is 14.6 Å². The van der Waals surface area contributed by atoms with Gasteiger partial charge in [0.25, 0.3) is 0 Å². The minimum atomic E-state index is -0.431. The quantitative estimate of drug-likeness (QED) is 0.858. The van der Waals surface area contributed by atoms with Gasteiger partial charge in [-0.2, -0.15) is 0 Å². The lowest BCUT2D eigenvalue weighted by Gasteiger charge is -2.06. The lowest BCUT2D eigenvalue weighted by atomic mass is 10.0. The molecule has 2 aromatic carbocycles. The number of aliphatic hydroxyl groups is 1. The smallest absolute Gasteiger partial charge is 0.248 e. The molecule has 0 aliphatic rings. The zero-order valence-corrected chi connectivity index (χ0v) is 10.4. The lowest BCUT2D eigenvalue weighted by Crippen LogP contribution is -2.10. The van der Waals surface area contributed by atoms with Gasteiger partial charge < -0.3 is 15.6 Å². The third-order valence-electron chi connectivity index (χ3n) is 2.72. The van der Waals surface area contributed by atoms with Gasteiger partial charge in [0, 0.05) is 5.56 Å². The first-order chi connectivity index (χ1) is 9.20. The van der Waals surface area contributed by atoms with Gasteiger partial charge in [0.1, 0.15) is 12.4 Å². The average molecular weight is 257 g/mol. The van der Waals surface area contributed by atoms with Crippen LogP contribution in [0.3, 0.4) is 0 Å². The molecule has 1 amide bonds.